The first-order chi connectivity index (χ1) is 18.9. The summed E-state index contributed by atoms with van der Waals surface area (Å²) in [5, 5.41) is 40.0. The third-order valence-corrected chi connectivity index (χ3v) is 11.2. The summed E-state index contributed by atoms with van der Waals surface area (Å²) in [6, 6.07) is -0.602. The molecule has 5 N–H and O–H groups in total. The summed E-state index contributed by atoms with van der Waals surface area (Å²) in [7, 11) is 0. The van der Waals surface area contributed by atoms with E-state index < -0.39 is 40.6 Å². The number of allylic oxidation sites excluding steroid dienone is 2. The summed E-state index contributed by atoms with van der Waals surface area (Å²) >= 11 is 0. The Morgan fingerprint density at radius 3 is 2.65 bits per heavy atom. The molecule has 1 saturated heterocycles. The Kier molecular flexibility index (Phi) is 7.76. The van der Waals surface area contributed by atoms with Gasteiger partial charge in [-0.3, -0.25) is 19.2 Å². The van der Waals surface area contributed by atoms with Gasteiger partial charge in [0.1, 0.15) is 17.4 Å². The fourth-order valence-corrected chi connectivity index (χ4v) is 9.04. The van der Waals surface area contributed by atoms with Gasteiger partial charge in [-0.05, 0) is 87.0 Å². The van der Waals surface area contributed by atoms with Crippen molar-refractivity contribution in [3.05, 3.63) is 23.5 Å². The highest BCUT2D eigenvalue weighted by Gasteiger charge is 2.67. The van der Waals surface area contributed by atoms with Crippen molar-refractivity contribution >= 4 is 23.4 Å². The first kappa shape index (κ1) is 29.0. The molecular weight excluding hydrogens is 512 g/mol. The molecule has 220 valence electrons. The molecule has 4 aliphatic carbocycles. The van der Waals surface area contributed by atoms with Crippen molar-refractivity contribution in [1.82, 2.24) is 10.6 Å². The van der Waals surface area contributed by atoms with E-state index in [0.29, 0.717) is 32.2 Å². The Balaban J connectivity index is 1.26. The molecule has 5 rings (SSSR count). The Labute approximate surface area is 235 Å². The molecule has 0 radical (unpaired) electrons. The Hall–Kier alpha value is -2.52. The van der Waals surface area contributed by atoms with Crippen LogP contribution in [0.4, 0.5) is 0 Å². The topological polar surface area (TPSA) is 153 Å². The molecule has 0 aromatic carbocycles. The van der Waals surface area contributed by atoms with E-state index in [1.165, 1.54) is 0 Å². The van der Waals surface area contributed by atoms with Crippen molar-refractivity contribution in [3.63, 3.8) is 0 Å². The number of rotatable bonds is 6. The lowest BCUT2D eigenvalue weighted by atomic mass is 9.45. The van der Waals surface area contributed by atoms with Crippen LogP contribution in [0.25, 0.3) is 0 Å². The van der Waals surface area contributed by atoms with E-state index in [1.54, 1.807) is 6.08 Å². The van der Waals surface area contributed by atoms with Crippen LogP contribution in [0.15, 0.2) is 23.5 Å². The van der Waals surface area contributed by atoms with Crippen molar-refractivity contribution in [2.24, 2.45) is 28.6 Å². The number of hydrogen-bond acceptors (Lipinski definition) is 7. The van der Waals surface area contributed by atoms with Gasteiger partial charge in [-0.15, -0.1) is 0 Å². The normalized spacial score (nSPS) is 41.5. The Bertz CT molecular complexity index is 1150. The molecule has 3 saturated carbocycles. The van der Waals surface area contributed by atoms with Gasteiger partial charge in [0, 0.05) is 37.3 Å². The Morgan fingerprint density at radius 1 is 1.10 bits per heavy atom. The molecule has 9 heteroatoms. The lowest BCUT2D eigenvalue weighted by Crippen LogP contribution is -2.60. The third kappa shape index (κ3) is 4.83. The summed E-state index contributed by atoms with van der Waals surface area (Å²) in [6.07, 6.45) is 8.19. The van der Waals surface area contributed by atoms with Crippen molar-refractivity contribution in [3.8, 4) is 0 Å². The van der Waals surface area contributed by atoms with Gasteiger partial charge in [-0.25, -0.2) is 0 Å². The molecule has 0 spiro atoms. The summed E-state index contributed by atoms with van der Waals surface area (Å²) in [6.45, 7) is 4.68. The number of aliphatic hydroxyl groups excluding tert-OH is 2. The van der Waals surface area contributed by atoms with Gasteiger partial charge in [0.15, 0.2) is 11.6 Å². The van der Waals surface area contributed by atoms with Crippen LogP contribution in [-0.4, -0.2) is 63.0 Å². The molecule has 4 fully saturated rings. The summed E-state index contributed by atoms with van der Waals surface area (Å²) < 4.78 is 0. The predicted octanol–water partition coefficient (Wildman–Crippen LogP) is 2.80. The van der Waals surface area contributed by atoms with Crippen molar-refractivity contribution in [2.75, 3.05) is 6.54 Å². The second-order valence-corrected chi connectivity index (χ2v) is 13.4. The van der Waals surface area contributed by atoms with E-state index in [9.17, 15) is 34.5 Å². The quantitative estimate of drug-likeness (QED) is 0.249. The van der Waals surface area contributed by atoms with Crippen molar-refractivity contribution < 1.29 is 34.5 Å². The number of aliphatic hydroxyl groups is 3. The highest BCUT2D eigenvalue weighted by Crippen LogP contribution is 2.68. The van der Waals surface area contributed by atoms with Gasteiger partial charge >= 0.3 is 0 Å². The molecule has 0 aromatic heterocycles. The minimum Gasteiger partial charge on any atom is -0.509 e. The van der Waals surface area contributed by atoms with Gasteiger partial charge in [-0.2, -0.15) is 0 Å². The fourth-order valence-electron chi connectivity index (χ4n) is 9.04. The zero-order valence-electron chi connectivity index (χ0n) is 23.7. The number of fused-ring (bicyclic) bond motifs is 5. The summed E-state index contributed by atoms with van der Waals surface area (Å²) in [5.41, 5.74) is -1.58. The minimum absolute atomic E-state index is 0.0113. The van der Waals surface area contributed by atoms with Gasteiger partial charge in [0.25, 0.3) is 0 Å². The molecular formula is C31H44N2O7. The molecule has 1 heterocycles. The van der Waals surface area contributed by atoms with Crippen molar-refractivity contribution in [1.29, 1.82) is 0 Å². The average Bonchev–Trinajstić information content (AvgIpc) is 3.02. The van der Waals surface area contributed by atoms with E-state index in [4.69, 9.17) is 0 Å². The smallest absolute Gasteiger partial charge is 0.242 e. The number of carbonyl (C=O) groups excluding carboxylic acids is 4. The predicted molar refractivity (Wildman–Crippen MR) is 147 cm³/mol. The molecule has 2 amide bonds. The number of carbonyl (C=O) groups is 4. The second kappa shape index (κ2) is 10.7. The van der Waals surface area contributed by atoms with E-state index in [0.717, 1.165) is 43.8 Å². The van der Waals surface area contributed by atoms with Gasteiger partial charge in [0.2, 0.25) is 11.8 Å². The van der Waals surface area contributed by atoms with Crippen LogP contribution in [0.2, 0.25) is 0 Å². The summed E-state index contributed by atoms with van der Waals surface area (Å²) in [4.78, 5) is 49.4. The van der Waals surface area contributed by atoms with Crippen LogP contribution in [0.1, 0.15) is 90.9 Å². The lowest BCUT2D eigenvalue weighted by molar-refractivity contribution is -0.168. The van der Waals surface area contributed by atoms with Crippen LogP contribution < -0.4 is 10.6 Å². The first-order valence-corrected chi connectivity index (χ1v) is 15.0. The van der Waals surface area contributed by atoms with Crippen LogP contribution in [-0.2, 0) is 19.2 Å². The zero-order valence-corrected chi connectivity index (χ0v) is 23.7. The van der Waals surface area contributed by atoms with Crippen LogP contribution >= 0.6 is 0 Å². The SMILES string of the molecule is C[C@]12CCC(=O)C=C1CC[C@@H]1[C@@H]2[C@H](O)C[C@@]2(C)[C@@H]1CC[C@]2(O)/C(O)=C\C(=O)CCC(=O)N[C@@H]1CCCCNC1=O. The molecule has 8 atom stereocenters. The minimum atomic E-state index is -1.65. The lowest BCUT2D eigenvalue weighted by Gasteiger charge is -2.60. The van der Waals surface area contributed by atoms with Crippen LogP contribution in [0.3, 0.4) is 0 Å². The zero-order chi connectivity index (χ0) is 28.9. The number of nitrogens with one attached hydrogen (secondary N) is 2. The van der Waals surface area contributed by atoms with E-state index >= 15 is 0 Å². The number of ketones is 2. The Morgan fingerprint density at radius 2 is 1.88 bits per heavy atom. The molecule has 1 aliphatic heterocycles. The number of hydrogen-bond donors (Lipinski definition) is 5. The van der Waals surface area contributed by atoms with Gasteiger partial charge < -0.3 is 26.0 Å². The van der Waals surface area contributed by atoms with Gasteiger partial charge in [-0.1, -0.05) is 19.4 Å². The third-order valence-electron chi connectivity index (χ3n) is 11.2. The average molecular weight is 557 g/mol. The van der Waals surface area contributed by atoms with E-state index in [-0.39, 0.29) is 54.1 Å². The number of amides is 2. The van der Waals surface area contributed by atoms with E-state index in [2.05, 4.69) is 17.6 Å². The van der Waals surface area contributed by atoms with E-state index in [1.807, 2.05) is 6.92 Å². The molecule has 9 nitrogen and oxygen atoms in total. The molecule has 40 heavy (non-hydrogen) atoms. The fraction of sp³-hybridized carbons (Fsp3) is 0.742. The van der Waals surface area contributed by atoms with Crippen LogP contribution in [0.5, 0.6) is 0 Å². The largest absolute Gasteiger partial charge is 0.509 e. The highest BCUT2D eigenvalue weighted by atomic mass is 16.3. The molecule has 0 unspecified atom stereocenters. The summed E-state index contributed by atoms with van der Waals surface area (Å²) in [5.74, 6) is -1.14. The molecule has 0 aromatic rings. The molecule has 0 bridgehead atoms. The monoisotopic (exact) mass is 556 g/mol. The van der Waals surface area contributed by atoms with Crippen LogP contribution in [0, 0.1) is 28.6 Å². The van der Waals surface area contributed by atoms with Gasteiger partial charge in [0.05, 0.1) is 6.10 Å². The van der Waals surface area contributed by atoms with Crippen molar-refractivity contribution in [2.45, 2.75) is 109 Å². The maximum atomic E-state index is 12.8. The maximum absolute atomic E-state index is 12.8. The maximum Gasteiger partial charge on any atom is 0.242 e. The molecule has 5 aliphatic rings. The first-order valence-electron chi connectivity index (χ1n) is 15.0. The second-order valence-electron chi connectivity index (χ2n) is 13.4. The standard InChI is InChI=1S/C31H44N2O7/c1-29-12-10-20(35)15-18(29)6-8-21-22-11-13-31(40,30(22,2)17-24(36)27(21)29)25(37)16-19(34)7-9-26(38)33-23-5-3-4-14-32-28(23)39/h15-16,21-24,27,36-37,40H,3-14,17H2,1-2H3,(H,32,39)(H,33,38)/b25-16+/t21-,22+,23+,24+,27+,29-,30-,31-/m0/s1. The highest BCUT2D eigenvalue weighted by molar-refractivity contribution is 5.94.